The molecule has 2 rings (SSSR count). The molecule has 7 heteroatoms. The Hall–Kier alpha value is -1.05. The van der Waals surface area contributed by atoms with E-state index in [1.165, 1.54) is 6.92 Å². The lowest BCUT2D eigenvalue weighted by molar-refractivity contribution is -0.114. The smallest absolute Gasteiger partial charge is 0.243 e. The summed E-state index contributed by atoms with van der Waals surface area (Å²) in [4.78, 5) is 11.2. The third kappa shape index (κ3) is 4.21. The summed E-state index contributed by atoms with van der Waals surface area (Å²) in [7, 11) is -3.45. The Morgan fingerprint density at radius 2 is 1.95 bits per heavy atom. The topological polar surface area (TPSA) is 66.5 Å². The van der Waals surface area contributed by atoms with Crippen molar-refractivity contribution in [1.82, 2.24) is 4.31 Å². The van der Waals surface area contributed by atoms with Crippen molar-refractivity contribution in [2.75, 3.05) is 24.2 Å². The number of rotatable bonds is 3. The number of hydrogen-bond acceptors (Lipinski definition) is 4. The Labute approximate surface area is 130 Å². The van der Waals surface area contributed by atoms with Gasteiger partial charge in [0.1, 0.15) is 0 Å². The van der Waals surface area contributed by atoms with Crippen LogP contribution in [0.5, 0.6) is 0 Å². The summed E-state index contributed by atoms with van der Waals surface area (Å²) < 4.78 is 26.8. The van der Waals surface area contributed by atoms with E-state index in [-0.39, 0.29) is 10.8 Å². The van der Waals surface area contributed by atoms with Crippen LogP contribution in [0.15, 0.2) is 29.2 Å². The fourth-order valence-electron chi connectivity index (χ4n) is 2.18. The number of anilines is 1. The van der Waals surface area contributed by atoms with Gasteiger partial charge < -0.3 is 5.32 Å². The van der Waals surface area contributed by atoms with Gasteiger partial charge in [0.2, 0.25) is 15.9 Å². The van der Waals surface area contributed by atoms with Crippen molar-refractivity contribution in [2.24, 2.45) is 0 Å². The molecule has 0 aliphatic carbocycles. The minimum atomic E-state index is -3.45. The summed E-state index contributed by atoms with van der Waals surface area (Å²) >= 11 is 1.81. The molecule has 0 saturated carbocycles. The summed E-state index contributed by atoms with van der Waals surface area (Å²) in [5, 5.41) is 3.12. The van der Waals surface area contributed by atoms with Crippen LogP contribution in [-0.4, -0.2) is 42.7 Å². The fourth-order valence-corrected chi connectivity index (χ4v) is 4.75. The number of sulfonamides is 1. The van der Waals surface area contributed by atoms with E-state index in [0.717, 1.165) is 12.2 Å². The van der Waals surface area contributed by atoms with E-state index >= 15 is 0 Å². The van der Waals surface area contributed by atoms with E-state index in [4.69, 9.17) is 0 Å². The van der Waals surface area contributed by atoms with Gasteiger partial charge in [-0.2, -0.15) is 16.1 Å². The third-order valence-corrected chi connectivity index (χ3v) is 6.48. The second-order valence-electron chi connectivity index (χ2n) is 5.08. The first-order valence-electron chi connectivity index (χ1n) is 6.89. The maximum absolute atomic E-state index is 12.6. The number of hydrogen-bond donors (Lipinski definition) is 1. The van der Waals surface area contributed by atoms with E-state index in [1.807, 2.05) is 11.8 Å². The quantitative estimate of drug-likeness (QED) is 0.923. The molecule has 1 aliphatic heterocycles. The second-order valence-corrected chi connectivity index (χ2v) is 8.56. The standard InChI is InChI=1S/C14H20N2O3S2/c1-11-7-8-16(9-10-20-11)21(18,19)14-5-3-13(4-6-14)15-12(2)17/h3-6,11H,7-10H2,1-2H3,(H,15,17). The molecule has 5 nitrogen and oxygen atoms in total. The highest BCUT2D eigenvalue weighted by Crippen LogP contribution is 2.24. The molecule has 1 saturated heterocycles. The Bertz CT molecular complexity index is 599. The molecule has 1 unspecified atom stereocenters. The molecule has 1 fully saturated rings. The zero-order chi connectivity index (χ0) is 15.5. The number of thioether (sulfide) groups is 1. The lowest BCUT2D eigenvalue weighted by atomic mass is 10.3. The zero-order valence-electron chi connectivity index (χ0n) is 12.2. The van der Waals surface area contributed by atoms with Gasteiger partial charge in [-0.05, 0) is 30.7 Å². The molecule has 1 amide bonds. The van der Waals surface area contributed by atoms with Crippen molar-refractivity contribution < 1.29 is 13.2 Å². The van der Waals surface area contributed by atoms with Gasteiger partial charge in [-0.1, -0.05) is 6.92 Å². The van der Waals surface area contributed by atoms with Crippen molar-refractivity contribution in [2.45, 2.75) is 30.4 Å². The van der Waals surface area contributed by atoms with Crippen LogP contribution in [0.3, 0.4) is 0 Å². The number of amides is 1. The molecule has 1 aromatic rings. The predicted molar refractivity (Wildman–Crippen MR) is 86.0 cm³/mol. The molecule has 0 aromatic heterocycles. The van der Waals surface area contributed by atoms with Crippen molar-refractivity contribution in [1.29, 1.82) is 0 Å². The number of nitrogens with zero attached hydrogens (tertiary/aromatic N) is 1. The highest BCUT2D eigenvalue weighted by Gasteiger charge is 2.26. The van der Waals surface area contributed by atoms with Crippen LogP contribution in [-0.2, 0) is 14.8 Å². The SMILES string of the molecule is CC(=O)Nc1ccc(S(=O)(=O)N2CCSC(C)CC2)cc1. The first kappa shape index (κ1) is 16.3. The Kier molecular flexibility index (Phi) is 5.29. The molecule has 0 spiro atoms. The Morgan fingerprint density at radius 3 is 2.57 bits per heavy atom. The number of carbonyl (C=O) groups is 1. The number of carbonyl (C=O) groups excluding carboxylic acids is 1. The molecule has 21 heavy (non-hydrogen) atoms. The van der Waals surface area contributed by atoms with E-state index in [1.54, 1.807) is 28.6 Å². The lowest BCUT2D eigenvalue weighted by Gasteiger charge is -2.20. The maximum Gasteiger partial charge on any atom is 0.243 e. The molecular formula is C14H20N2O3S2. The molecule has 1 N–H and O–H groups in total. The normalized spacial score (nSPS) is 20.8. The molecule has 0 radical (unpaired) electrons. The van der Waals surface area contributed by atoms with Crippen LogP contribution in [0.2, 0.25) is 0 Å². The average molecular weight is 328 g/mol. The van der Waals surface area contributed by atoms with Crippen molar-refractivity contribution in [3.63, 3.8) is 0 Å². The van der Waals surface area contributed by atoms with Crippen molar-refractivity contribution in [3.8, 4) is 0 Å². The number of nitrogens with one attached hydrogen (secondary N) is 1. The zero-order valence-corrected chi connectivity index (χ0v) is 13.8. The molecule has 1 heterocycles. The van der Waals surface area contributed by atoms with Gasteiger partial charge in [0, 0.05) is 36.7 Å². The minimum Gasteiger partial charge on any atom is -0.326 e. The van der Waals surface area contributed by atoms with Crippen molar-refractivity contribution >= 4 is 33.4 Å². The van der Waals surface area contributed by atoms with E-state index in [2.05, 4.69) is 12.2 Å². The van der Waals surface area contributed by atoms with E-state index in [0.29, 0.717) is 24.0 Å². The van der Waals surface area contributed by atoms with E-state index < -0.39 is 10.0 Å². The van der Waals surface area contributed by atoms with Crippen LogP contribution < -0.4 is 5.32 Å². The summed E-state index contributed by atoms with van der Waals surface area (Å²) in [5.41, 5.74) is 0.599. The van der Waals surface area contributed by atoms with Gasteiger partial charge in [-0.3, -0.25) is 4.79 Å². The summed E-state index contributed by atoms with van der Waals surface area (Å²) in [6.07, 6.45) is 0.869. The minimum absolute atomic E-state index is 0.177. The molecule has 116 valence electrons. The molecule has 0 bridgehead atoms. The van der Waals surface area contributed by atoms with Gasteiger partial charge in [0.15, 0.2) is 0 Å². The third-order valence-electron chi connectivity index (χ3n) is 3.34. The highest BCUT2D eigenvalue weighted by molar-refractivity contribution is 8.00. The van der Waals surface area contributed by atoms with Gasteiger partial charge in [-0.15, -0.1) is 0 Å². The molecule has 1 aromatic carbocycles. The fraction of sp³-hybridized carbons (Fsp3) is 0.500. The van der Waals surface area contributed by atoms with Crippen LogP contribution in [0.4, 0.5) is 5.69 Å². The predicted octanol–water partition coefficient (Wildman–Crippen LogP) is 2.16. The summed E-state index contributed by atoms with van der Waals surface area (Å²) in [5.74, 6) is 0.647. The summed E-state index contributed by atoms with van der Waals surface area (Å²) in [6, 6.07) is 6.32. The Morgan fingerprint density at radius 1 is 1.29 bits per heavy atom. The summed E-state index contributed by atoms with van der Waals surface area (Å²) in [6.45, 7) is 4.65. The first-order chi connectivity index (χ1) is 9.89. The maximum atomic E-state index is 12.6. The van der Waals surface area contributed by atoms with Crippen LogP contribution in [0, 0.1) is 0 Å². The van der Waals surface area contributed by atoms with Gasteiger partial charge in [0.05, 0.1) is 4.90 Å². The average Bonchev–Trinajstić information content (AvgIpc) is 2.64. The number of benzene rings is 1. The van der Waals surface area contributed by atoms with Crippen LogP contribution in [0.25, 0.3) is 0 Å². The van der Waals surface area contributed by atoms with Gasteiger partial charge >= 0.3 is 0 Å². The Balaban J connectivity index is 2.16. The van der Waals surface area contributed by atoms with Crippen LogP contribution in [0.1, 0.15) is 20.3 Å². The monoisotopic (exact) mass is 328 g/mol. The lowest BCUT2D eigenvalue weighted by Crippen LogP contribution is -2.33. The largest absolute Gasteiger partial charge is 0.326 e. The van der Waals surface area contributed by atoms with Crippen LogP contribution >= 0.6 is 11.8 Å². The molecule has 1 atom stereocenters. The molecular weight excluding hydrogens is 308 g/mol. The molecule has 1 aliphatic rings. The van der Waals surface area contributed by atoms with Gasteiger partial charge in [0.25, 0.3) is 0 Å². The van der Waals surface area contributed by atoms with Crippen molar-refractivity contribution in [3.05, 3.63) is 24.3 Å². The second kappa shape index (κ2) is 6.81. The van der Waals surface area contributed by atoms with Gasteiger partial charge in [-0.25, -0.2) is 8.42 Å². The van der Waals surface area contributed by atoms with E-state index in [9.17, 15) is 13.2 Å². The first-order valence-corrected chi connectivity index (χ1v) is 9.38. The highest BCUT2D eigenvalue weighted by atomic mass is 32.2.